The Labute approximate surface area is 237 Å². The molecule has 1 fully saturated rings. The molecule has 1 saturated heterocycles. The number of aryl methyl sites for hydroxylation is 2. The van der Waals surface area contributed by atoms with E-state index in [-0.39, 0.29) is 5.56 Å². The Bertz CT molecular complexity index is 1960. The van der Waals surface area contributed by atoms with Gasteiger partial charge in [-0.3, -0.25) is 9.20 Å². The number of nitrogens with one attached hydrogen (secondary N) is 1. The van der Waals surface area contributed by atoms with Crippen molar-refractivity contribution in [3.63, 3.8) is 0 Å². The van der Waals surface area contributed by atoms with Crippen LogP contribution in [0.25, 0.3) is 33.5 Å². The number of hydrogen-bond acceptors (Lipinski definition) is 7. The molecule has 41 heavy (non-hydrogen) atoms. The Morgan fingerprint density at radius 1 is 0.976 bits per heavy atom. The fourth-order valence-corrected chi connectivity index (χ4v) is 5.84. The van der Waals surface area contributed by atoms with Gasteiger partial charge in [0.05, 0.1) is 16.7 Å². The average Bonchev–Trinajstić information content (AvgIpc) is 3.57. The van der Waals surface area contributed by atoms with E-state index >= 15 is 0 Å². The summed E-state index contributed by atoms with van der Waals surface area (Å²) in [6.45, 7) is 5.82. The highest BCUT2D eigenvalue weighted by molar-refractivity contribution is 5.88. The maximum atomic E-state index is 14.0. The fraction of sp³-hybridized carbons (Fsp3) is 0.250. The molecule has 4 heterocycles. The first-order valence-electron chi connectivity index (χ1n) is 13.9. The lowest BCUT2D eigenvalue weighted by Gasteiger charge is -2.19. The molecule has 9 heteroatoms. The number of ether oxygens (including phenoxy) is 1. The summed E-state index contributed by atoms with van der Waals surface area (Å²) in [4.78, 5) is 30.6. The molecule has 1 N–H and O–H groups in total. The summed E-state index contributed by atoms with van der Waals surface area (Å²) in [5, 5.41) is 3.70. The molecule has 1 aliphatic rings. The number of likely N-dealkylation sites (tertiary alicyclic amines) is 1. The third-order valence-corrected chi connectivity index (χ3v) is 8.04. The zero-order valence-corrected chi connectivity index (χ0v) is 23.3. The van der Waals surface area contributed by atoms with Gasteiger partial charge in [0.15, 0.2) is 5.65 Å². The molecule has 6 aromatic rings. The van der Waals surface area contributed by atoms with E-state index in [0.29, 0.717) is 35.4 Å². The van der Waals surface area contributed by atoms with E-state index < -0.39 is 0 Å². The number of aromatic nitrogens is 5. The van der Waals surface area contributed by atoms with Crippen LogP contribution in [0.3, 0.4) is 0 Å². The van der Waals surface area contributed by atoms with Gasteiger partial charge in [0, 0.05) is 17.9 Å². The molecule has 3 aromatic heterocycles. The van der Waals surface area contributed by atoms with Crippen LogP contribution in [-0.4, -0.2) is 55.1 Å². The normalized spacial score (nSPS) is 15.7. The molecule has 0 spiro atoms. The van der Waals surface area contributed by atoms with Crippen molar-refractivity contribution in [3.8, 4) is 11.4 Å². The third-order valence-electron chi connectivity index (χ3n) is 8.04. The molecule has 0 saturated carbocycles. The van der Waals surface area contributed by atoms with E-state index in [9.17, 15) is 4.79 Å². The largest absolute Gasteiger partial charge is 0.492 e. The van der Waals surface area contributed by atoms with E-state index in [1.165, 1.54) is 12.8 Å². The highest BCUT2D eigenvalue weighted by Gasteiger charge is 2.22. The number of fused-ring (bicyclic) bond motifs is 5. The zero-order chi connectivity index (χ0) is 28.1. The van der Waals surface area contributed by atoms with Crippen molar-refractivity contribution in [1.29, 1.82) is 0 Å². The van der Waals surface area contributed by atoms with E-state index in [0.717, 1.165) is 45.8 Å². The van der Waals surface area contributed by atoms with Crippen LogP contribution in [0.2, 0.25) is 0 Å². The summed E-state index contributed by atoms with van der Waals surface area (Å²) in [6.07, 6.45) is 3.99. The second-order valence-corrected chi connectivity index (χ2v) is 10.8. The van der Waals surface area contributed by atoms with E-state index in [4.69, 9.17) is 14.7 Å². The van der Waals surface area contributed by atoms with Crippen molar-refractivity contribution >= 4 is 39.5 Å². The van der Waals surface area contributed by atoms with Gasteiger partial charge in [0.2, 0.25) is 11.7 Å². The lowest BCUT2D eigenvalue weighted by atomic mass is 10.1. The molecule has 1 atom stereocenters. The maximum Gasteiger partial charge on any atom is 0.270 e. The van der Waals surface area contributed by atoms with Gasteiger partial charge in [-0.25, -0.2) is 14.5 Å². The standard InChI is InChI=1S/C32H31N7O2/c1-20-8-6-9-21(2)28(20)39-30(40)25-18-33-31(36-29(25)38-27-12-5-4-11-26(27)35-32(38)39)34-22-13-15-24(16-14-22)41-19-23-10-7-17-37(23)3/h4-6,8-9,11-16,18,23H,7,10,17,19H2,1-3H3,(H,33,34,36)/t23-/m0/s1. The van der Waals surface area contributed by atoms with Gasteiger partial charge in [-0.1, -0.05) is 30.3 Å². The lowest BCUT2D eigenvalue weighted by molar-refractivity contribution is 0.198. The predicted molar refractivity (Wildman–Crippen MR) is 162 cm³/mol. The number of likely N-dealkylation sites (N-methyl/N-ethyl adjacent to an activating group) is 1. The van der Waals surface area contributed by atoms with Crippen LogP contribution in [-0.2, 0) is 0 Å². The first-order chi connectivity index (χ1) is 20.0. The van der Waals surface area contributed by atoms with Crippen molar-refractivity contribution in [1.82, 2.24) is 28.8 Å². The summed E-state index contributed by atoms with van der Waals surface area (Å²) in [7, 11) is 2.15. The average molecular weight is 546 g/mol. The lowest BCUT2D eigenvalue weighted by Crippen LogP contribution is -2.30. The second-order valence-electron chi connectivity index (χ2n) is 10.8. The highest BCUT2D eigenvalue weighted by atomic mass is 16.5. The first-order valence-corrected chi connectivity index (χ1v) is 13.9. The summed E-state index contributed by atoms with van der Waals surface area (Å²) in [5.74, 6) is 1.73. The van der Waals surface area contributed by atoms with Crippen LogP contribution < -0.4 is 15.6 Å². The molecule has 3 aromatic carbocycles. The zero-order valence-electron chi connectivity index (χ0n) is 23.3. The van der Waals surface area contributed by atoms with Crippen molar-refractivity contribution in [2.75, 3.05) is 25.5 Å². The Morgan fingerprint density at radius 3 is 2.51 bits per heavy atom. The second kappa shape index (κ2) is 10.0. The van der Waals surface area contributed by atoms with Crippen LogP contribution in [0, 0.1) is 13.8 Å². The maximum absolute atomic E-state index is 14.0. The Balaban J connectivity index is 1.29. The highest BCUT2D eigenvalue weighted by Crippen LogP contribution is 2.26. The van der Waals surface area contributed by atoms with E-state index in [1.54, 1.807) is 10.8 Å². The minimum absolute atomic E-state index is 0.207. The van der Waals surface area contributed by atoms with Crippen molar-refractivity contribution in [3.05, 3.63) is 94.4 Å². The number of anilines is 2. The number of hydrogen-bond donors (Lipinski definition) is 1. The van der Waals surface area contributed by atoms with Gasteiger partial charge >= 0.3 is 0 Å². The van der Waals surface area contributed by atoms with Crippen LogP contribution in [0.4, 0.5) is 11.6 Å². The van der Waals surface area contributed by atoms with E-state index in [1.807, 2.05) is 85.0 Å². The topological polar surface area (TPSA) is 89.6 Å². The number of imidazole rings is 1. The van der Waals surface area contributed by atoms with Crippen LogP contribution in [0.15, 0.2) is 77.7 Å². The molecule has 9 nitrogen and oxygen atoms in total. The molecule has 1 aliphatic heterocycles. The van der Waals surface area contributed by atoms with Gasteiger partial charge in [-0.2, -0.15) is 4.98 Å². The SMILES string of the molecule is Cc1cccc(C)c1-n1c(=O)c2cnc(Nc3ccc(OC[C@@H]4CCCN4C)cc3)nc2n2c3ccccc3nc12. The number of rotatable bonds is 6. The summed E-state index contributed by atoms with van der Waals surface area (Å²) < 4.78 is 9.67. The van der Waals surface area contributed by atoms with Gasteiger partial charge in [-0.05, 0) is 87.8 Å². The van der Waals surface area contributed by atoms with Gasteiger partial charge in [0.25, 0.3) is 5.56 Å². The molecule has 0 amide bonds. The summed E-state index contributed by atoms with van der Waals surface area (Å²) in [5.41, 5.74) is 5.57. The Morgan fingerprint density at radius 2 is 1.76 bits per heavy atom. The summed E-state index contributed by atoms with van der Waals surface area (Å²) >= 11 is 0. The molecular formula is C32H31N7O2. The minimum atomic E-state index is -0.207. The van der Waals surface area contributed by atoms with Crippen LogP contribution in [0.1, 0.15) is 24.0 Å². The van der Waals surface area contributed by atoms with Gasteiger partial charge in [-0.15, -0.1) is 0 Å². The van der Waals surface area contributed by atoms with Crippen molar-refractivity contribution in [2.45, 2.75) is 32.7 Å². The van der Waals surface area contributed by atoms with E-state index in [2.05, 4.69) is 22.2 Å². The smallest absolute Gasteiger partial charge is 0.270 e. The molecular weight excluding hydrogens is 514 g/mol. The Hall–Kier alpha value is -4.76. The molecule has 0 bridgehead atoms. The quantitative estimate of drug-likeness (QED) is 0.299. The predicted octanol–water partition coefficient (Wildman–Crippen LogP) is 5.42. The van der Waals surface area contributed by atoms with Crippen molar-refractivity contribution < 1.29 is 4.74 Å². The monoisotopic (exact) mass is 545 g/mol. The number of para-hydroxylation sites is 3. The fourth-order valence-electron chi connectivity index (χ4n) is 5.84. The van der Waals surface area contributed by atoms with Crippen molar-refractivity contribution in [2.24, 2.45) is 0 Å². The minimum Gasteiger partial charge on any atom is -0.492 e. The molecule has 7 rings (SSSR count). The first kappa shape index (κ1) is 25.2. The summed E-state index contributed by atoms with van der Waals surface area (Å²) in [6, 6.07) is 22.1. The number of benzene rings is 3. The molecule has 0 radical (unpaired) electrons. The third kappa shape index (κ3) is 4.38. The van der Waals surface area contributed by atoms with Crippen LogP contribution >= 0.6 is 0 Å². The van der Waals surface area contributed by atoms with Gasteiger partial charge < -0.3 is 15.0 Å². The van der Waals surface area contributed by atoms with Gasteiger partial charge in [0.1, 0.15) is 17.7 Å². The molecule has 206 valence electrons. The molecule has 0 unspecified atom stereocenters. The number of nitrogens with zero attached hydrogens (tertiary/aromatic N) is 6. The Kier molecular flexibility index (Phi) is 6.16. The van der Waals surface area contributed by atoms with Crippen LogP contribution in [0.5, 0.6) is 5.75 Å². The molecule has 0 aliphatic carbocycles.